The number of anilines is 2. The molecule has 2 aromatic heterocycles. The van der Waals surface area contributed by atoms with Crippen LogP contribution in [0, 0.1) is 0 Å². The van der Waals surface area contributed by atoms with E-state index in [4.69, 9.17) is 4.42 Å². The molecule has 0 aliphatic carbocycles. The highest BCUT2D eigenvalue weighted by Crippen LogP contribution is 2.22. The molecule has 8 heteroatoms. The van der Waals surface area contributed by atoms with Gasteiger partial charge in [0.05, 0.1) is 4.88 Å². The highest BCUT2D eigenvalue weighted by atomic mass is 32.1. The largest absolute Gasteiger partial charge is 0.437 e. The molecule has 0 atom stereocenters. The molecule has 0 radical (unpaired) electrons. The maximum absolute atomic E-state index is 12.3. The summed E-state index contributed by atoms with van der Waals surface area (Å²) in [4.78, 5) is 27.3. The molecule has 1 aliphatic rings. The second-order valence-corrected chi connectivity index (χ2v) is 7.40. The van der Waals surface area contributed by atoms with Crippen molar-refractivity contribution in [2.75, 3.05) is 23.3 Å². The number of thiophene rings is 1. The minimum atomic E-state index is -0.644. The number of nitrogens with zero attached hydrogens (tertiary/aromatic N) is 3. The topological polar surface area (TPSA) is 80.4 Å². The van der Waals surface area contributed by atoms with Crippen molar-refractivity contribution in [1.82, 2.24) is 9.78 Å². The zero-order chi connectivity index (χ0) is 18.6. The smallest absolute Gasteiger partial charge is 0.387 e. The first-order chi connectivity index (χ1) is 13.2. The molecule has 0 spiro atoms. The monoisotopic (exact) mass is 384 g/mol. The van der Waals surface area contributed by atoms with E-state index in [9.17, 15) is 9.59 Å². The van der Waals surface area contributed by atoms with E-state index in [0.29, 0.717) is 5.69 Å². The summed E-state index contributed by atoms with van der Waals surface area (Å²) in [6.07, 6.45) is 3.73. The third kappa shape index (κ3) is 4.11. The van der Waals surface area contributed by atoms with Crippen LogP contribution in [0.2, 0.25) is 0 Å². The van der Waals surface area contributed by atoms with Gasteiger partial charge in [0, 0.05) is 24.5 Å². The summed E-state index contributed by atoms with van der Waals surface area (Å²) >= 11 is 1.42. The summed E-state index contributed by atoms with van der Waals surface area (Å²) in [6.45, 7) is 1.96. The van der Waals surface area contributed by atoms with Crippen LogP contribution in [-0.2, 0) is 11.3 Å². The quantitative estimate of drug-likeness (QED) is 0.731. The standard InChI is InChI=1S/C19H20N4O3S/c24-17(13-23-19(25)26-18(21-23)16-5-4-12-27-16)20-14-6-8-15(9-7-14)22-10-2-1-3-11-22/h4-9,12H,1-3,10-11,13H2,(H,20,24). The van der Waals surface area contributed by atoms with Gasteiger partial charge in [0.1, 0.15) is 6.54 Å². The van der Waals surface area contributed by atoms with E-state index >= 15 is 0 Å². The number of benzene rings is 1. The Morgan fingerprint density at radius 3 is 2.63 bits per heavy atom. The highest BCUT2D eigenvalue weighted by Gasteiger charge is 2.14. The van der Waals surface area contributed by atoms with Gasteiger partial charge in [-0.1, -0.05) is 6.07 Å². The minimum absolute atomic E-state index is 0.193. The molecule has 0 saturated carbocycles. The first-order valence-electron chi connectivity index (χ1n) is 8.96. The Morgan fingerprint density at radius 1 is 1.15 bits per heavy atom. The Labute approximate surface area is 160 Å². The molecule has 0 bridgehead atoms. The van der Waals surface area contributed by atoms with Crippen molar-refractivity contribution in [3.05, 3.63) is 52.3 Å². The van der Waals surface area contributed by atoms with Gasteiger partial charge in [-0.3, -0.25) is 4.79 Å². The number of rotatable bonds is 5. The Morgan fingerprint density at radius 2 is 1.93 bits per heavy atom. The number of nitrogens with one attached hydrogen (secondary N) is 1. The first-order valence-corrected chi connectivity index (χ1v) is 9.84. The number of aromatic nitrogens is 2. The fourth-order valence-electron chi connectivity index (χ4n) is 3.15. The van der Waals surface area contributed by atoms with Gasteiger partial charge in [0.25, 0.3) is 5.89 Å². The number of hydrogen-bond donors (Lipinski definition) is 1. The first kappa shape index (κ1) is 17.5. The molecule has 7 nitrogen and oxygen atoms in total. The lowest BCUT2D eigenvalue weighted by molar-refractivity contribution is -0.117. The Kier molecular flexibility index (Phi) is 5.06. The van der Waals surface area contributed by atoms with Crippen LogP contribution in [0.15, 0.2) is 51.0 Å². The van der Waals surface area contributed by atoms with E-state index in [-0.39, 0.29) is 18.3 Å². The van der Waals surface area contributed by atoms with Crippen LogP contribution in [0.5, 0.6) is 0 Å². The van der Waals surface area contributed by atoms with Crippen LogP contribution in [0.4, 0.5) is 11.4 Å². The van der Waals surface area contributed by atoms with Gasteiger partial charge in [-0.15, -0.1) is 16.4 Å². The van der Waals surface area contributed by atoms with Gasteiger partial charge in [-0.2, -0.15) is 4.68 Å². The Bertz CT molecular complexity index is 954. The molecule has 1 saturated heterocycles. The fraction of sp³-hybridized carbons (Fsp3) is 0.316. The van der Waals surface area contributed by atoms with Gasteiger partial charge in [0.2, 0.25) is 5.91 Å². The van der Waals surface area contributed by atoms with Crippen LogP contribution in [-0.4, -0.2) is 28.8 Å². The predicted octanol–water partition coefficient (Wildman–Crippen LogP) is 3.19. The third-order valence-electron chi connectivity index (χ3n) is 4.50. The normalized spacial score (nSPS) is 14.3. The summed E-state index contributed by atoms with van der Waals surface area (Å²) in [5.74, 6) is -0.739. The molecule has 1 aliphatic heterocycles. The lowest BCUT2D eigenvalue weighted by Crippen LogP contribution is -2.29. The number of carbonyl (C=O) groups is 1. The average molecular weight is 384 g/mol. The lowest BCUT2D eigenvalue weighted by atomic mass is 10.1. The molecule has 3 heterocycles. The molecule has 1 amide bonds. The van der Waals surface area contributed by atoms with Crippen LogP contribution in [0.3, 0.4) is 0 Å². The highest BCUT2D eigenvalue weighted by molar-refractivity contribution is 7.13. The van der Waals surface area contributed by atoms with Gasteiger partial charge in [-0.05, 0) is 55.0 Å². The van der Waals surface area contributed by atoms with Crippen molar-refractivity contribution in [3.8, 4) is 10.8 Å². The van der Waals surface area contributed by atoms with Crippen LogP contribution < -0.4 is 16.0 Å². The second kappa shape index (κ2) is 7.79. The van der Waals surface area contributed by atoms with Crippen molar-refractivity contribution in [3.63, 3.8) is 0 Å². The van der Waals surface area contributed by atoms with Gasteiger partial charge in [-0.25, -0.2) is 4.79 Å². The van der Waals surface area contributed by atoms with Crippen molar-refractivity contribution in [2.45, 2.75) is 25.8 Å². The molecule has 1 N–H and O–H groups in total. The minimum Gasteiger partial charge on any atom is -0.387 e. The Balaban J connectivity index is 1.39. The summed E-state index contributed by atoms with van der Waals surface area (Å²) in [5, 5.41) is 8.75. The van der Waals surface area contributed by atoms with Crippen LogP contribution in [0.1, 0.15) is 19.3 Å². The molecule has 1 aromatic carbocycles. The number of carbonyl (C=O) groups excluding carboxylic acids is 1. The lowest BCUT2D eigenvalue weighted by Gasteiger charge is -2.28. The van der Waals surface area contributed by atoms with Crippen molar-refractivity contribution >= 4 is 28.6 Å². The molecule has 1 fully saturated rings. The van der Waals surface area contributed by atoms with E-state index in [1.807, 2.05) is 41.8 Å². The Hall–Kier alpha value is -2.87. The molecule has 27 heavy (non-hydrogen) atoms. The van der Waals surface area contributed by atoms with Crippen molar-refractivity contribution in [2.24, 2.45) is 0 Å². The van der Waals surface area contributed by atoms with Crippen molar-refractivity contribution < 1.29 is 9.21 Å². The van der Waals surface area contributed by atoms with Crippen molar-refractivity contribution in [1.29, 1.82) is 0 Å². The summed E-state index contributed by atoms with van der Waals surface area (Å²) < 4.78 is 6.15. The average Bonchev–Trinajstić information content (AvgIpc) is 3.33. The number of amides is 1. The molecule has 140 valence electrons. The van der Waals surface area contributed by atoms with E-state index < -0.39 is 5.76 Å². The zero-order valence-corrected chi connectivity index (χ0v) is 15.6. The molecular weight excluding hydrogens is 364 g/mol. The zero-order valence-electron chi connectivity index (χ0n) is 14.8. The maximum Gasteiger partial charge on any atom is 0.437 e. The molecular formula is C19H20N4O3S. The number of hydrogen-bond acceptors (Lipinski definition) is 6. The molecule has 0 unspecified atom stereocenters. The molecule has 4 rings (SSSR count). The SMILES string of the molecule is O=C(Cn1nc(-c2cccs2)oc1=O)Nc1ccc(N2CCCCC2)cc1. The maximum atomic E-state index is 12.3. The summed E-state index contributed by atoms with van der Waals surface area (Å²) in [5.41, 5.74) is 1.86. The van der Waals surface area contributed by atoms with E-state index in [0.717, 1.165) is 22.6 Å². The van der Waals surface area contributed by atoms with Crippen LogP contribution >= 0.6 is 11.3 Å². The van der Waals surface area contributed by atoms with Gasteiger partial charge < -0.3 is 14.6 Å². The van der Waals surface area contributed by atoms with Gasteiger partial charge >= 0.3 is 5.76 Å². The summed E-state index contributed by atoms with van der Waals surface area (Å²) in [7, 11) is 0. The third-order valence-corrected chi connectivity index (χ3v) is 5.36. The van der Waals surface area contributed by atoms with Crippen LogP contribution in [0.25, 0.3) is 10.8 Å². The van der Waals surface area contributed by atoms with E-state index in [2.05, 4.69) is 15.3 Å². The summed E-state index contributed by atoms with van der Waals surface area (Å²) in [6, 6.07) is 11.4. The molecule has 3 aromatic rings. The number of piperidine rings is 1. The predicted molar refractivity (Wildman–Crippen MR) is 105 cm³/mol. The van der Waals surface area contributed by atoms with E-state index in [1.54, 1.807) is 0 Å². The second-order valence-electron chi connectivity index (χ2n) is 6.45. The van der Waals surface area contributed by atoms with Gasteiger partial charge in [0.15, 0.2) is 0 Å². The van der Waals surface area contributed by atoms with E-state index in [1.165, 1.54) is 36.3 Å². The fourth-order valence-corrected chi connectivity index (χ4v) is 3.79.